The van der Waals surface area contributed by atoms with Crippen LogP contribution in [0.15, 0.2) is 25.0 Å². The largest absolute Gasteiger partial charge is 0.514 e. The number of rotatable bonds is 6. The van der Waals surface area contributed by atoms with Crippen molar-refractivity contribution in [2.75, 3.05) is 12.3 Å². The Hall–Kier alpha value is -2.57. The summed E-state index contributed by atoms with van der Waals surface area (Å²) in [4.78, 5) is 15.7. The molecular formula is C15H20N4O3. The second-order valence-electron chi connectivity index (χ2n) is 5.28. The van der Waals surface area contributed by atoms with Gasteiger partial charge in [-0.3, -0.25) is 0 Å². The first-order valence-corrected chi connectivity index (χ1v) is 7.08. The topological polar surface area (TPSA) is 92.3 Å². The first-order chi connectivity index (χ1) is 10.5. The second-order valence-corrected chi connectivity index (χ2v) is 5.28. The van der Waals surface area contributed by atoms with Gasteiger partial charge in [-0.15, -0.1) is 0 Å². The normalized spacial score (nSPS) is 10.9. The molecule has 0 spiro atoms. The van der Waals surface area contributed by atoms with E-state index in [2.05, 4.69) is 30.5 Å². The molecule has 0 aromatic carbocycles. The van der Waals surface area contributed by atoms with Crippen molar-refractivity contribution in [3.63, 3.8) is 0 Å². The fraction of sp³-hybridized carbons (Fsp3) is 0.400. The molecule has 2 aromatic rings. The van der Waals surface area contributed by atoms with Gasteiger partial charge in [-0.05, 0) is 12.3 Å². The van der Waals surface area contributed by atoms with Crippen molar-refractivity contribution in [3.05, 3.63) is 25.0 Å². The highest BCUT2D eigenvalue weighted by molar-refractivity contribution is 5.91. The fourth-order valence-electron chi connectivity index (χ4n) is 1.90. The van der Waals surface area contributed by atoms with E-state index in [4.69, 9.17) is 15.2 Å². The van der Waals surface area contributed by atoms with Crippen LogP contribution in [0.1, 0.15) is 20.3 Å². The highest BCUT2D eigenvalue weighted by Crippen LogP contribution is 2.29. The van der Waals surface area contributed by atoms with Crippen LogP contribution in [0.5, 0.6) is 5.75 Å². The van der Waals surface area contributed by atoms with Crippen molar-refractivity contribution in [1.82, 2.24) is 14.8 Å². The lowest BCUT2D eigenvalue weighted by molar-refractivity contribution is 0.110. The van der Waals surface area contributed by atoms with Crippen LogP contribution in [0.2, 0.25) is 0 Å². The number of fused-ring (bicyclic) bond motifs is 1. The molecule has 2 rings (SSSR count). The zero-order valence-electron chi connectivity index (χ0n) is 12.8. The van der Waals surface area contributed by atoms with Crippen LogP contribution >= 0.6 is 0 Å². The maximum Gasteiger partial charge on any atom is 0.514 e. The van der Waals surface area contributed by atoms with Gasteiger partial charge in [0.15, 0.2) is 11.4 Å². The van der Waals surface area contributed by atoms with Gasteiger partial charge in [-0.25, -0.2) is 14.5 Å². The summed E-state index contributed by atoms with van der Waals surface area (Å²) in [5, 5.41) is 4.94. The molecule has 0 bridgehead atoms. The molecule has 7 nitrogen and oxygen atoms in total. The van der Waals surface area contributed by atoms with Crippen molar-refractivity contribution < 1.29 is 14.3 Å². The molecular weight excluding hydrogens is 284 g/mol. The predicted octanol–water partition coefficient (Wildman–Crippen LogP) is 2.76. The highest BCUT2D eigenvalue weighted by Gasteiger charge is 2.15. The summed E-state index contributed by atoms with van der Waals surface area (Å²) in [5.74, 6) is 0.726. The Labute approximate surface area is 128 Å². The summed E-state index contributed by atoms with van der Waals surface area (Å²) < 4.78 is 11.6. The van der Waals surface area contributed by atoms with Crippen molar-refractivity contribution in [3.8, 4) is 5.75 Å². The van der Waals surface area contributed by atoms with Crippen LogP contribution in [0.25, 0.3) is 11.0 Å². The molecule has 0 saturated carbocycles. The van der Waals surface area contributed by atoms with Crippen molar-refractivity contribution in [2.45, 2.75) is 26.8 Å². The number of aryl methyl sites for hydroxylation is 1. The summed E-state index contributed by atoms with van der Waals surface area (Å²) in [7, 11) is 0. The van der Waals surface area contributed by atoms with Crippen LogP contribution in [0, 0.1) is 5.92 Å². The number of aromatic nitrogens is 3. The molecule has 0 aliphatic carbocycles. The SMILES string of the molecule is C=CCOC(=O)Oc1cnc2c(cnn2CCC(C)C)c1N. The van der Waals surface area contributed by atoms with Crippen LogP contribution in [-0.2, 0) is 11.3 Å². The van der Waals surface area contributed by atoms with E-state index >= 15 is 0 Å². The highest BCUT2D eigenvalue weighted by atomic mass is 16.7. The molecule has 22 heavy (non-hydrogen) atoms. The number of nitrogens with zero attached hydrogens (tertiary/aromatic N) is 3. The van der Waals surface area contributed by atoms with Gasteiger partial charge in [0.25, 0.3) is 0 Å². The smallest absolute Gasteiger partial charge is 0.430 e. The fourth-order valence-corrected chi connectivity index (χ4v) is 1.90. The molecule has 0 aliphatic heterocycles. The molecule has 7 heteroatoms. The Morgan fingerprint density at radius 3 is 2.95 bits per heavy atom. The zero-order chi connectivity index (χ0) is 16.1. The summed E-state index contributed by atoms with van der Waals surface area (Å²) >= 11 is 0. The first kappa shape index (κ1) is 15.8. The number of pyridine rings is 1. The molecule has 0 radical (unpaired) electrons. The minimum absolute atomic E-state index is 0.0710. The zero-order valence-corrected chi connectivity index (χ0v) is 12.8. The molecule has 0 fully saturated rings. The maximum atomic E-state index is 11.4. The van der Waals surface area contributed by atoms with E-state index in [1.54, 1.807) is 10.9 Å². The van der Waals surface area contributed by atoms with E-state index < -0.39 is 6.16 Å². The van der Waals surface area contributed by atoms with E-state index in [0.717, 1.165) is 13.0 Å². The number of hydrogen-bond acceptors (Lipinski definition) is 6. The standard InChI is InChI=1S/C15H20N4O3/c1-4-7-21-15(20)22-12-9-17-14-11(13(12)16)8-18-19(14)6-5-10(2)3/h4,8-10H,1,5-7H2,2-3H3,(H2,16,17). The van der Waals surface area contributed by atoms with E-state index in [0.29, 0.717) is 22.6 Å². The number of nitrogens with two attached hydrogens (primary N) is 1. The number of carbonyl (C=O) groups is 1. The van der Waals surface area contributed by atoms with Gasteiger partial charge < -0.3 is 15.2 Å². The quantitative estimate of drug-likeness (QED) is 0.651. The second kappa shape index (κ2) is 6.93. The maximum absolute atomic E-state index is 11.4. The first-order valence-electron chi connectivity index (χ1n) is 7.08. The van der Waals surface area contributed by atoms with Gasteiger partial charge >= 0.3 is 6.16 Å². The van der Waals surface area contributed by atoms with Crippen molar-refractivity contribution >= 4 is 22.9 Å². The van der Waals surface area contributed by atoms with Gasteiger partial charge in [-0.1, -0.05) is 26.5 Å². The van der Waals surface area contributed by atoms with Gasteiger partial charge in [0.05, 0.1) is 23.5 Å². The molecule has 0 amide bonds. The molecule has 0 saturated heterocycles. The Kier molecular flexibility index (Phi) is 4.98. The van der Waals surface area contributed by atoms with Gasteiger partial charge in [-0.2, -0.15) is 5.10 Å². The van der Waals surface area contributed by atoms with E-state index in [9.17, 15) is 4.79 Å². The molecule has 2 aromatic heterocycles. The van der Waals surface area contributed by atoms with Gasteiger partial charge in [0.1, 0.15) is 6.61 Å². The number of carbonyl (C=O) groups excluding carboxylic acids is 1. The van der Waals surface area contributed by atoms with Crippen molar-refractivity contribution in [1.29, 1.82) is 0 Å². The van der Waals surface area contributed by atoms with Crippen LogP contribution < -0.4 is 10.5 Å². The Bertz CT molecular complexity index is 679. The third-order valence-electron chi connectivity index (χ3n) is 3.10. The average Bonchev–Trinajstić information content (AvgIpc) is 2.89. The van der Waals surface area contributed by atoms with E-state index in [1.165, 1.54) is 12.3 Å². The van der Waals surface area contributed by atoms with E-state index in [-0.39, 0.29) is 12.4 Å². The van der Waals surface area contributed by atoms with Crippen LogP contribution in [0.3, 0.4) is 0 Å². The Balaban J connectivity index is 2.20. The summed E-state index contributed by atoms with van der Waals surface area (Å²) in [6.07, 6.45) is 4.62. The molecule has 0 unspecified atom stereocenters. The lowest BCUT2D eigenvalue weighted by atomic mass is 10.1. The minimum Gasteiger partial charge on any atom is -0.430 e. The summed E-state index contributed by atoms with van der Waals surface area (Å²) in [6.45, 7) is 8.57. The van der Waals surface area contributed by atoms with Gasteiger partial charge in [0, 0.05) is 6.54 Å². The monoisotopic (exact) mass is 304 g/mol. The molecule has 2 heterocycles. The Morgan fingerprint density at radius 1 is 1.50 bits per heavy atom. The van der Waals surface area contributed by atoms with Gasteiger partial charge in [0.2, 0.25) is 0 Å². The number of anilines is 1. The molecule has 2 N–H and O–H groups in total. The third-order valence-corrected chi connectivity index (χ3v) is 3.10. The number of ether oxygens (including phenoxy) is 2. The summed E-state index contributed by atoms with van der Waals surface area (Å²) in [6, 6.07) is 0. The lowest BCUT2D eigenvalue weighted by Gasteiger charge is -2.08. The molecule has 0 atom stereocenters. The lowest BCUT2D eigenvalue weighted by Crippen LogP contribution is -2.12. The summed E-state index contributed by atoms with van der Waals surface area (Å²) in [5.41, 5.74) is 7.01. The number of hydrogen-bond donors (Lipinski definition) is 1. The van der Waals surface area contributed by atoms with Crippen molar-refractivity contribution in [2.24, 2.45) is 5.92 Å². The molecule has 118 valence electrons. The average molecular weight is 304 g/mol. The minimum atomic E-state index is -0.847. The third kappa shape index (κ3) is 3.55. The van der Waals surface area contributed by atoms with Crippen LogP contribution in [0.4, 0.5) is 10.5 Å². The Morgan fingerprint density at radius 2 is 2.27 bits per heavy atom. The predicted molar refractivity (Wildman–Crippen MR) is 83.6 cm³/mol. The number of nitrogen functional groups attached to an aromatic ring is 1. The molecule has 0 aliphatic rings. The van der Waals surface area contributed by atoms with Crippen LogP contribution in [-0.4, -0.2) is 27.5 Å². The van der Waals surface area contributed by atoms with E-state index in [1.807, 2.05) is 0 Å².